The van der Waals surface area contributed by atoms with E-state index in [1.54, 1.807) is 0 Å². The summed E-state index contributed by atoms with van der Waals surface area (Å²) in [6, 6.07) is 6.13. The Kier molecular flexibility index (Phi) is 3.41. The molecule has 2 rings (SSSR count). The first-order valence-corrected chi connectivity index (χ1v) is 6.24. The van der Waals surface area contributed by atoms with E-state index >= 15 is 0 Å². The van der Waals surface area contributed by atoms with E-state index in [0.29, 0.717) is 6.61 Å². The van der Waals surface area contributed by atoms with Crippen LogP contribution in [0.5, 0.6) is 5.75 Å². The second-order valence-corrected chi connectivity index (χ2v) is 4.48. The van der Waals surface area contributed by atoms with Crippen molar-refractivity contribution in [2.75, 3.05) is 11.9 Å². The maximum atomic E-state index is 10.9. The Bertz CT molecular complexity index is 363. The van der Waals surface area contributed by atoms with Crippen molar-refractivity contribution >= 4 is 22.2 Å². The summed E-state index contributed by atoms with van der Waals surface area (Å²) in [5.41, 5.74) is 2.30. The van der Waals surface area contributed by atoms with Crippen LogP contribution in [0.15, 0.2) is 18.2 Å². The van der Waals surface area contributed by atoms with Crippen molar-refractivity contribution in [1.29, 1.82) is 0 Å². The molecule has 1 unspecified atom stereocenters. The van der Waals surface area contributed by atoms with Crippen LogP contribution in [-0.4, -0.2) is 18.2 Å². The fraction of sp³-hybridized carbons (Fsp3) is 0.417. The maximum Gasteiger partial charge on any atom is 0.127 e. The van der Waals surface area contributed by atoms with Gasteiger partial charge in [-0.05, 0) is 24.5 Å². The Morgan fingerprint density at radius 1 is 1.53 bits per heavy atom. The molecule has 2 nitrogen and oxygen atoms in total. The van der Waals surface area contributed by atoms with E-state index in [0.717, 1.165) is 35.8 Å². The van der Waals surface area contributed by atoms with Crippen LogP contribution in [0, 0.1) is 0 Å². The first-order valence-electron chi connectivity index (χ1n) is 5.12. The Labute approximate surface area is 97.8 Å². The Morgan fingerprint density at radius 3 is 3.13 bits per heavy atom. The van der Waals surface area contributed by atoms with Crippen LogP contribution in [0.1, 0.15) is 23.5 Å². The lowest BCUT2D eigenvalue weighted by Gasteiger charge is -2.22. The molecule has 0 saturated heterocycles. The van der Waals surface area contributed by atoms with Crippen molar-refractivity contribution in [3.63, 3.8) is 0 Å². The van der Waals surface area contributed by atoms with Gasteiger partial charge in [0.15, 0.2) is 0 Å². The van der Waals surface area contributed by atoms with E-state index in [9.17, 15) is 4.79 Å². The highest BCUT2D eigenvalue weighted by Crippen LogP contribution is 2.33. The van der Waals surface area contributed by atoms with Crippen LogP contribution >= 0.6 is 15.9 Å². The lowest BCUT2D eigenvalue weighted by Crippen LogP contribution is -2.15. The molecular weight excluding hydrogens is 256 g/mol. The van der Waals surface area contributed by atoms with Crippen molar-refractivity contribution in [3.05, 3.63) is 29.3 Å². The summed E-state index contributed by atoms with van der Waals surface area (Å²) >= 11 is 3.41. The fourth-order valence-electron chi connectivity index (χ4n) is 1.88. The number of benzene rings is 1. The summed E-state index contributed by atoms with van der Waals surface area (Å²) in [6.45, 7) is 0.647. The van der Waals surface area contributed by atoms with E-state index in [1.807, 2.05) is 6.07 Å². The molecule has 1 aromatic carbocycles. The van der Waals surface area contributed by atoms with Crippen LogP contribution in [-0.2, 0) is 11.2 Å². The van der Waals surface area contributed by atoms with Gasteiger partial charge in [0.1, 0.15) is 12.0 Å². The molecule has 0 N–H and O–H groups in total. The molecule has 0 radical (unpaired) electrons. The number of rotatable bonds is 3. The number of carbonyl (C=O) groups excluding carboxylic acids is 1. The normalized spacial score (nSPS) is 19.1. The second-order valence-electron chi connectivity index (χ2n) is 3.69. The minimum Gasteiger partial charge on any atom is -0.493 e. The molecule has 15 heavy (non-hydrogen) atoms. The molecule has 0 spiro atoms. The molecule has 0 fully saturated rings. The highest BCUT2D eigenvalue weighted by Gasteiger charge is 2.20. The quantitative estimate of drug-likeness (QED) is 0.623. The highest BCUT2D eigenvalue weighted by molar-refractivity contribution is 9.09. The number of aryl methyl sites for hydroxylation is 1. The van der Waals surface area contributed by atoms with Crippen molar-refractivity contribution in [1.82, 2.24) is 0 Å². The van der Waals surface area contributed by atoms with Gasteiger partial charge in [0.05, 0.1) is 6.61 Å². The summed E-state index contributed by atoms with van der Waals surface area (Å²) < 4.78 is 5.52. The lowest BCUT2D eigenvalue weighted by atomic mass is 9.92. The third-order valence-electron chi connectivity index (χ3n) is 2.71. The third-order valence-corrected chi connectivity index (χ3v) is 3.10. The van der Waals surface area contributed by atoms with Gasteiger partial charge < -0.3 is 9.53 Å². The first kappa shape index (κ1) is 10.7. The van der Waals surface area contributed by atoms with E-state index in [4.69, 9.17) is 4.74 Å². The SMILES string of the molecule is O=CC1CCOc2ccc(CCBr)cc21. The number of fused-ring (bicyclic) bond motifs is 1. The molecule has 80 valence electrons. The molecular formula is C12H13BrO2. The van der Waals surface area contributed by atoms with Gasteiger partial charge in [-0.15, -0.1) is 0 Å². The van der Waals surface area contributed by atoms with Gasteiger partial charge in [-0.25, -0.2) is 0 Å². The average Bonchev–Trinajstić information content (AvgIpc) is 2.28. The second kappa shape index (κ2) is 4.79. The molecule has 1 aromatic rings. The summed E-state index contributed by atoms with van der Waals surface area (Å²) in [6.07, 6.45) is 2.81. The zero-order chi connectivity index (χ0) is 10.7. The average molecular weight is 269 g/mol. The number of aldehydes is 1. The predicted octanol–water partition coefficient (Wildman–Crippen LogP) is 2.69. The van der Waals surface area contributed by atoms with Crippen molar-refractivity contribution in [2.24, 2.45) is 0 Å². The fourth-order valence-corrected chi connectivity index (χ4v) is 2.33. The number of carbonyl (C=O) groups is 1. The van der Waals surface area contributed by atoms with Gasteiger partial charge in [0, 0.05) is 16.8 Å². The lowest BCUT2D eigenvalue weighted by molar-refractivity contribution is -0.109. The number of halogens is 1. The number of ether oxygens (including phenoxy) is 1. The van der Waals surface area contributed by atoms with Crippen molar-refractivity contribution in [3.8, 4) is 5.75 Å². The largest absolute Gasteiger partial charge is 0.493 e. The molecule has 0 amide bonds. The molecule has 0 bridgehead atoms. The summed E-state index contributed by atoms with van der Waals surface area (Å²) in [5.74, 6) is 0.890. The molecule has 1 atom stereocenters. The molecule has 0 aromatic heterocycles. The molecule has 0 aliphatic carbocycles. The van der Waals surface area contributed by atoms with Gasteiger partial charge in [0.2, 0.25) is 0 Å². The van der Waals surface area contributed by atoms with Crippen LogP contribution < -0.4 is 4.74 Å². The topological polar surface area (TPSA) is 26.3 Å². The number of alkyl halides is 1. The molecule has 1 aliphatic heterocycles. The van der Waals surface area contributed by atoms with Gasteiger partial charge in [-0.2, -0.15) is 0 Å². The Balaban J connectivity index is 2.34. The predicted molar refractivity (Wildman–Crippen MR) is 62.9 cm³/mol. The van der Waals surface area contributed by atoms with E-state index in [1.165, 1.54) is 5.56 Å². The molecule has 1 aliphatic rings. The number of hydrogen-bond acceptors (Lipinski definition) is 2. The standard InChI is InChI=1S/C12H13BrO2/c13-5-3-9-1-2-12-11(7-9)10(8-14)4-6-15-12/h1-2,7-8,10H,3-6H2. The van der Waals surface area contributed by atoms with Crippen molar-refractivity contribution in [2.45, 2.75) is 18.8 Å². The first-order chi connectivity index (χ1) is 7.35. The highest BCUT2D eigenvalue weighted by atomic mass is 79.9. The summed E-state index contributed by atoms with van der Waals surface area (Å²) in [4.78, 5) is 10.9. The van der Waals surface area contributed by atoms with Crippen LogP contribution in [0.4, 0.5) is 0 Å². The minimum atomic E-state index is 0.0176. The van der Waals surface area contributed by atoms with E-state index in [-0.39, 0.29) is 5.92 Å². The zero-order valence-electron chi connectivity index (χ0n) is 8.41. The van der Waals surface area contributed by atoms with Crippen molar-refractivity contribution < 1.29 is 9.53 Å². The van der Waals surface area contributed by atoms with Gasteiger partial charge in [-0.3, -0.25) is 0 Å². The zero-order valence-corrected chi connectivity index (χ0v) is 10.00. The van der Waals surface area contributed by atoms with Gasteiger partial charge in [0.25, 0.3) is 0 Å². The van der Waals surface area contributed by atoms with Crippen LogP contribution in [0.25, 0.3) is 0 Å². The van der Waals surface area contributed by atoms with E-state index in [2.05, 4.69) is 28.1 Å². The molecule has 1 heterocycles. The van der Waals surface area contributed by atoms with Gasteiger partial charge in [-0.1, -0.05) is 28.1 Å². The van der Waals surface area contributed by atoms with Gasteiger partial charge >= 0.3 is 0 Å². The third kappa shape index (κ3) is 2.23. The van der Waals surface area contributed by atoms with Crippen LogP contribution in [0.2, 0.25) is 0 Å². The minimum absolute atomic E-state index is 0.0176. The Hall–Kier alpha value is -0.830. The maximum absolute atomic E-state index is 10.9. The Morgan fingerprint density at radius 2 is 2.40 bits per heavy atom. The number of hydrogen-bond donors (Lipinski definition) is 0. The van der Waals surface area contributed by atoms with Crippen LogP contribution in [0.3, 0.4) is 0 Å². The summed E-state index contributed by atoms with van der Waals surface area (Å²) in [7, 11) is 0. The summed E-state index contributed by atoms with van der Waals surface area (Å²) in [5, 5.41) is 0.943. The molecule has 3 heteroatoms. The molecule has 0 saturated carbocycles. The monoisotopic (exact) mass is 268 g/mol. The smallest absolute Gasteiger partial charge is 0.127 e. The van der Waals surface area contributed by atoms with E-state index < -0.39 is 0 Å².